The van der Waals surface area contributed by atoms with E-state index < -0.39 is 5.97 Å². The molecule has 0 bridgehead atoms. The Morgan fingerprint density at radius 1 is 1.10 bits per heavy atom. The summed E-state index contributed by atoms with van der Waals surface area (Å²) < 4.78 is 10.7. The molecule has 110 valence electrons. The molecule has 0 aliphatic rings. The van der Waals surface area contributed by atoms with Crippen LogP contribution in [0, 0.1) is 0 Å². The Balaban J connectivity index is 2.07. The maximum absolute atomic E-state index is 11.0. The number of methoxy groups -OCH3 is 1. The number of ether oxygens (including phenoxy) is 2. The van der Waals surface area contributed by atoms with Crippen LogP contribution < -0.4 is 9.47 Å². The lowest BCUT2D eigenvalue weighted by Gasteiger charge is -2.10. The van der Waals surface area contributed by atoms with E-state index in [1.807, 2.05) is 0 Å². The SMILES string of the molecule is COc1cc(COc2ccc(CO)cc2)ccc1C(=O)O. The third-order valence-corrected chi connectivity index (χ3v) is 3.01. The third-order valence-electron chi connectivity index (χ3n) is 3.01. The van der Waals surface area contributed by atoms with E-state index in [0.717, 1.165) is 11.1 Å². The summed E-state index contributed by atoms with van der Waals surface area (Å²) in [5.74, 6) is -0.0494. The molecular weight excluding hydrogens is 272 g/mol. The van der Waals surface area contributed by atoms with Crippen LogP contribution in [0.25, 0.3) is 0 Å². The maximum atomic E-state index is 11.0. The molecular formula is C16H16O5. The largest absolute Gasteiger partial charge is 0.496 e. The normalized spacial score (nSPS) is 10.2. The van der Waals surface area contributed by atoms with Gasteiger partial charge in [0, 0.05) is 0 Å². The third kappa shape index (κ3) is 3.73. The smallest absolute Gasteiger partial charge is 0.339 e. The highest BCUT2D eigenvalue weighted by atomic mass is 16.5. The van der Waals surface area contributed by atoms with E-state index in [4.69, 9.17) is 19.7 Å². The maximum Gasteiger partial charge on any atom is 0.339 e. The van der Waals surface area contributed by atoms with E-state index >= 15 is 0 Å². The topological polar surface area (TPSA) is 76.0 Å². The van der Waals surface area contributed by atoms with E-state index in [2.05, 4.69) is 0 Å². The molecule has 0 saturated carbocycles. The summed E-state index contributed by atoms with van der Waals surface area (Å²) in [6.07, 6.45) is 0. The number of hydrogen-bond acceptors (Lipinski definition) is 4. The first kappa shape index (κ1) is 14.9. The van der Waals surface area contributed by atoms with Gasteiger partial charge in [-0.15, -0.1) is 0 Å². The Morgan fingerprint density at radius 3 is 2.33 bits per heavy atom. The molecule has 0 unspecified atom stereocenters. The van der Waals surface area contributed by atoms with E-state index in [0.29, 0.717) is 18.1 Å². The van der Waals surface area contributed by atoms with Crippen LogP contribution in [0.4, 0.5) is 0 Å². The molecule has 0 aliphatic heterocycles. The molecule has 5 heteroatoms. The summed E-state index contributed by atoms with van der Waals surface area (Å²) in [6, 6.07) is 11.9. The quantitative estimate of drug-likeness (QED) is 0.854. The first-order chi connectivity index (χ1) is 10.1. The van der Waals surface area contributed by atoms with Crippen LogP contribution in [0.3, 0.4) is 0 Å². The number of aliphatic hydroxyl groups excluding tert-OH is 1. The molecule has 0 atom stereocenters. The minimum Gasteiger partial charge on any atom is -0.496 e. The van der Waals surface area contributed by atoms with Crippen molar-refractivity contribution in [3.8, 4) is 11.5 Å². The molecule has 2 aromatic carbocycles. The minimum atomic E-state index is -1.03. The predicted octanol–water partition coefficient (Wildman–Crippen LogP) is 2.46. The summed E-state index contributed by atoms with van der Waals surface area (Å²) in [4.78, 5) is 11.0. The highest BCUT2D eigenvalue weighted by Gasteiger charge is 2.11. The second-order valence-corrected chi connectivity index (χ2v) is 4.43. The summed E-state index contributed by atoms with van der Waals surface area (Å²) in [6.45, 7) is 0.295. The zero-order valence-corrected chi connectivity index (χ0v) is 11.6. The lowest BCUT2D eigenvalue weighted by atomic mass is 10.1. The number of carboxylic acids is 1. The number of carbonyl (C=O) groups is 1. The fraction of sp³-hybridized carbons (Fsp3) is 0.188. The fourth-order valence-corrected chi connectivity index (χ4v) is 1.86. The van der Waals surface area contributed by atoms with Gasteiger partial charge in [-0.25, -0.2) is 4.79 Å². The van der Waals surface area contributed by atoms with Crippen molar-refractivity contribution in [1.82, 2.24) is 0 Å². The van der Waals surface area contributed by atoms with Crippen LogP contribution in [-0.2, 0) is 13.2 Å². The standard InChI is InChI=1S/C16H16O5/c1-20-15-8-12(4-7-14(15)16(18)19)10-21-13-5-2-11(9-17)3-6-13/h2-8,17H,9-10H2,1H3,(H,18,19). The molecule has 5 nitrogen and oxygen atoms in total. The van der Waals surface area contributed by atoms with Crippen LogP contribution in [0.5, 0.6) is 11.5 Å². The van der Waals surface area contributed by atoms with Gasteiger partial charge in [0.15, 0.2) is 0 Å². The van der Waals surface area contributed by atoms with Crippen LogP contribution in [0.15, 0.2) is 42.5 Å². The Morgan fingerprint density at radius 2 is 1.76 bits per heavy atom. The Hall–Kier alpha value is -2.53. The van der Waals surface area contributed by atoms with Crippen molar-refractivity contribution in [2.75, 3.05) is 7.11 Å². The van der Waals surface area contributed by atoms with E-state index in [9.17, 15) is 4.79 Å². The van der Waals surface area contributed by atoms with Crippen molar-refractivity contribution >= 4 is 5.97 Å². The fourth-order valence-electron chi connectivity index (χ4n) is 1.86. The van der Waals surface area contributed by atoms with Gasteiger partial charge in [0.2, 0.25) is 0 Å². The van der Waals surface area contributed by atoms with Gasteiger partial charge >= 0.3 is 5.97 Å². The van der Waals surface area contributed by atoms with Gasteiger partial charge in [-0.05, 0) is 35.4 Å². The van der Waals surface area contributed by atoms with Crippen molar-refractivity contribution in [2.24, 2.45) is 0 Å². The number of aliphatic hydroxyl groups is 1. The van der Waals surface area contributed by atoms with Crippen LogP contribution in [0.1, 0.15) is 21.5 Å². The number of hydrogen-bond donors (Lipinski definition) is 2. The number of benzene rings is 2. The average molecular weight is 288 g/mol. The van der Waals surface area contributed by atoms with Gasteiger partial charge in [-0.2, -0.15) is 0 Å². The molecule has 0 spiro atoms. The lowest BCUT2D eigenvalue weighted by molar-refractivity contribution is 0.0693. The number of carboxylic acid groups (broad SMARTS) is 1. The minimum absolute atomic E-state index is 0.00582. The summed E-state index contributed by atoms with van der Waals surface area (Å²) in [5, 5.41) is 18.0. The summed E-state index contributed by atoms with van der Waals surface area (Å²) in [7, 11) is 1.43. The number of aromatic carboxylic acids is 1. The van der Waals surface area contributed by atoms with Gasteiger partial charge in [-0.1, -0.05) is 18.2 Å². The highest BCUT2D eigenvalue weighted by molar-refractivity contribution is 5.90. The van der Waals surface area contributed by atoms with Crippen LogP contribution in [0.2, 0.25) is 0 Å². The van der Waals surface area contributed by atoms with Crippen LogP contribution >= 0.6 is 0 Å². The molecule has 2 rings (SSSR count). The Bertz CT molecular complexity index is 619. The van der Waals surface area contributed by atoms with Crippen molar-refractivity contribution in [3.05, 3.63) is 59.2 Å². The number of rotatable bonds is 6. The zero-order chi connectivity index (χ0) is 15.2. The first-order valence-corrected chi connectivity index (χ1v) is 6.37. The van der Waals surface area contributed by atoms with Gasteiger partial charge in [0.1, 0.15) is 23.7 Å². The summed E-state index contributed by atoms with van der Waals surface area (Å²) in [5.41, 5.74) is 1.74. The zero-order valence-electron chi connectivity index (χ0n) is 11.6. The predicted molar refractivity (Wildman–Crippen MR) is 76.7 cm³/mol. The molecule has 2 N–H and O–H groups in total. The van der Waals surface area contributed by atoms with Crippen molar-refractivity contribution in [2.45, 2.75) is 13.2 Å². The molecule has 0 saturated heterocycles. The molecule has 0 aromatic heterocycles. The lowest BCUT2D eigenvalue weighted by Crippen LogP contribution is -2.02. The van der Waals surface area contributed by atoms with Crippen LogP contribution in [-0.4, -0.2) is 23.3 Å². The van der Waals surface area contributed by atoms with E-state index in [-0.39, 0.29) is 12.2 Å². The first-order valence-electron chi connectivity index (χ1n) is 6.37. The molecule has 0 fully saturated rings. The van der Waals surface area contributed by atoms with Gasteiger partial charge in [-0.3, -0.25) is 0 Å². The highest BCUT2D eigenvalue weighted by Crippen LogP contribution is 2.21. The molecule has 2 aromatic rings. The monoisotopic (exact) mass is 288 g/mol. The molecule has 0 heterocycles. The van der Waals surface area contributed by atoms with Crippen molar-refractivity contribution < 1.29 is 24.5 Å². The molecule has 21 heavy (non-hydrogen) atoms. The van der Waals surface area contributed by atoms with E-state index in [1.54, 1.807) is 36.4 Å². The van der Waals surface area contributed by atoms with E-state index in [1.165, 1.54) is 13.2 Å². The molecule has 0 radical (unpaired) electrons. The average Bonchev–Trinajstić information content (AvgIpc) is 2.52. The second-order valence-electron chi connectivity index (χ2n) is 4.43. The van der Waals surface area contributed by atoms with Gasteiger partial charge in [0.05, 0.1) is 13.7 Å². The summed E-state index contributed by atoms with van der Waals surface area (Å²) >= 11 is 0. The van der Waals surface area contributed by atoms with Crippen molar-refractivity contribution in [3.63, 3.8) is 0 Å². The molecule has 0 aliphatic carbocycles. The van der Waals surface area contributed by atoms with Gasteiger partial charge in [0.25, 0.3) is 0 Å². The Kier molecular flexibility index (Phi) is 4.79. The molecule has 0 amide bonds. The Labute approximate surface area is 122 Å². The van der Waals surface area contributed by atoms with Gasteiger partial charge < -0.3 is 19.7 Å². The van der Waals surface area contributed by atoms with Crippen molar-refractivity contribution in [1.29, 1.82) is 0 Å². The second kappa shape index (κ2) is 6.76.